The molecule has 1 aliphatic heterocycles. The van der Waals surface area contributed by atoms with E-state index in [2.05, 4.69) is 15.0 Å². The number of rotatable bonds is 2. The van der Waals surface area contributed by atoms with E-state index in [1.165, 1.54) is 30.2 Å². The van der Waals surface area contributed by atoms with Crippen LogP contribution in [0.2, 0.25) is 0 Å². The van der Waals surface area contributed by atoms with E-state index in [4.69, 9.17) is 0 Å². The molecule has 0 aromatic carbocycles. The number of hydrogen-bond acceptors (Lipinski definition) is 5. The van der Waals surface area contributed by atoms with Crippen LogP contribution in [0.4, 0.5) is 5.13 Å². The van der Waals surface area contributed by atoms with Gasteiger partial charge in [-0.05, 0) is 32.1 Å². The van der Waals surface area contributed by atoms with Gasteiger partial charge in [-0.3, -0.25) is 4.79 Å². The van der Waals surface area contributed by atoms with Gasteiger partial charge in [0.1, 0.15) is 0 Å². The summed E-state index contributed by atoms with van der Waals surface area (Å²) in [5.74, 6) is 0. The molecule has 19 heavy (non-hydrogen) atoms. The van der Waals surface area contributed by atoms with Crippen molar-refractivity contribution in [1.82, 2.24) is 14.6 Å². The van der Waals surface area contributed by atoms with Crippen LogP contribution in [-0.2, 0) is 6.42 Å². The van der Waals surface area contributed by atoms with Gasteiger partial charge >= 0.3 is 0 Å². The molecule has 0 radical (unpaired) electrons. The van der Waals surface area contributed by atoms with Crippen LogP contribution in [0.15, 0.2) is 10.9 Å². The fraction of sp³-hybridized carbons (Fsp3) is 0.615. The van der Waals surface area contributed by atoms with Crippen LogP contribution in [0.1, 0.15) is 38.3 Å². The third-order valence-corrected chi connectivity index (χ3v) is 5.47. The summed E-state index contributed by atoms with van der Waals surface area (Å²) in [4.78, 5) is 19.6. The molecule has 1 aliphatic carbocycles. The monoisotopic (exact) mass is 276 g/mol. The standard InChI is InChI=1S/C13H16N4OS/c1-2-9-8-10(18)17-11(14-9)19-12(15-17)16-7-6-13(16)4-3-5-13/h8H,2-7H2,1H3. The second kappa shape index (κ2) is 3.79. The lowest BCUT2D eigenvalue weighted by atomic mass is 9.68. The summed E-state index contributed by atoms with van der Waals surface area (Å²) in [6.45, 7) is 3.08. The van der Waals surface area contributed by atoms with Crippen molar-refractivity contribution in [3.05, 3.63) is 22.1 Å². The Hall–Kier alpha value is -1.43. The van der Waals surface area contributed by atoms with Gasteiger partial charge in [0.05, 0.1) is 0 Å². The van der Waals surface area contributed by atoms with Crippen molar-refractivity contribution in [1.29, 1.82) is 0 Å². The van der Waals surface area contributed by atoms with E-state index in [0.29, 0.717) is 5.54 Å². The third kappa shape index (κ3) is 1.49. The Morgan fingerprint density at radius 1 is 1.42 bits per heavy atom. The molecule has 4 rings (SSSR count). The zero-order valence-electron chi connectivity index (χ0n) is 10.9. The Morgan fingerprint density at radius 3 is 2.84 bits per heavy atom. The van der Waals surface area contributed by atoms with E-state index >= 15 is 0 Å². The minimum atomic E-state index is -0.0625. The minimum absolute atomic E-state index is 0.0625. The van der Waals surface area contributed by atoms with Crippen molar-refractivity contribution in [2.45, 2.75) is 44.6 Å². The van der Waals surface area contributed by atoms with E-state index in [9.17, 15) is 4.79 Å². The predicted molar refractivity (Wildman–Crippen MR) is 75.1 cm³/mol. The van der Waals surface area contributed by atoms with Crippen molar-refractivity contribution >= 4 is 21.4 Å². The highest BCUT2D eigenvalue weighted by molar-refractivity contribution is 7.20. The zero-order valence-corrected chi connectivity index (χ0v) is 11.7. The summed E-state index contributed by atoms with van der Waals surface area (Å²) < 4.78 is 1.45. The minimum Gasteiger partial charge on any atom is -0.341 e. The summed E-state index contributed by atoms with van der Waals surface area (Å²) >= 11 is 1.54. The highest BCUT2D eigenvalue weighted by atomic mass is 32.1. The normalized spacial score (nSPS) is 20.6. The van der Waals surface area contributed by atoms with Crippen molar-refractivity contribution in [2.75, 3.05) is 11.4 Å². The first-order valence-electron chi connectivity index (χ1n) is 6.89. The van der Waals surface area contributed by atoms with Crippen molar-refractivity contribution < 1.29 is 0 Å². The molecule has 6 heteroatoms. The summed E-state index contributed by atoms with van der Waals surface area (Å²) in [7, 11) is 0. The fourth-order valence-corrected chi connectivity index (χ4v) is 4.14. The maximum absolute atomic E-state index is 12.0. The van der Waals surface area contributed by atoms with Crippen LogP contribution in [0.5, 0.6) is 0 Å². The van der Waals surface area contributed by atoms with E-state index in [-0.39, 0.29) is 5.56 Å². The Labute approximate surface area is 114 Å². The molecule has 2 aliphatic rings. The summed E-state index contributed by atoms with van der Waals surface area (Å²) in [5.41, 5.74) is 1.15. The lowest BCUT2D eigenvalue weighted by molar-refractivity contribution is 0.151. The van der Waals surface area contributed by atoms with Gasteiger partial charge in [-0.2, -0.15) is 4.52 Å². The fourth-order valence-electron chi connectivity index (χ4n) is 3.08. The SMILES string of the molecule is CCc1cc(=O)n2nc(N3CCC34CCC4)sc2n1. The number of aryl methyl sites for hydroxylation is 1. The van der Waals surface area contributed by atoms with E-state index in [1.807, 2.05) is 6.92 Å². The third-order valence-electron chi connectivity index (χ3n) is 4.54. The number of nitrogens with zero attached hydrogens (tertiary/aromatic N) is 4. The second-order valence-electron chi connectivity index (χ2n) is 5.50. The molecule has 2 aromatic rings. The van der Waals surface area contributed by atoms with Gasteiger partial charge < -0.3 is 4.90 Å². The van der Waals surface area contributed by atoms with Crippen molar-refractivity contribution in [2.24, 2.45) is 0 Å². The van der Waals surface area contributed by atoms with Gasteiger partial charge in [-0.15, -0.1) is 5.10 Å². The maximum Gasteiger partial charge on any atom is 0.275 e. The van der Waals surface area contributed by atoms with Crippen molar-refractivity contribution in [3.8, 4) is 0 Å². The number of fused-ring (bicyclic) bond motifs is 1. The van der Waals surface area contributed by atoms with E-state index < -0.39 is 0 Å². The maximum atomic E-state index is 12.0. The van der Waals surface area contributed by atoms with E-state index in [1.54, 1.807) is 17.4 Å². The quantitative estimate of drug-likeness (QED) is 0.840. The van der Waals surface area contributed by atoms with Crippen LogP contribution in [0.25, 0.3) is 4.96 Å². The molecule has 3 heterocycles. The Kier molecular flexibility index (Phi) is 2.27. The molecule has 0 bridgehead atoms. The molecule has 1 saturated heterocycles. The van der Waals surface area contributed by atoms with Crippen LogP contribution >= 0.6 is 11.3 Å². The molecule has 2 aromatic heterocycles. The Bertz CT molecular complexity index is 695. The number of hydrogen-bond donors (Lipinski definition) is 0. The second-order valence-corrected chi connectivity index (χ2v) is 6.43. The largest absolute Gasteiger partial charge is 0.341 e. The van der Waals surface area contributed by atoms with Crippen LogP contribution in [-0.4, -0.2) is 26.7 Å². The first kappa shape index (κ1) is 11.4. The average molecular weight is 276 g/mol. The first-order chi connectivity index (χ1) is 9.22. The van der Waals surface area contributed by atoms with Gasteiger partial charge in [-0.25, -0.2) is 4.98 Å². The summed E-state index contributed by atoms with van der Waals surface area (Å²) in [6, 6.07) is 1.59. The Morgan fingerprint density at radius 2 is 2.26 bits per heavy atom. The smallest absolute Gasteiger partial charge is 0.275 e. The number of anilines is 1. The lowest BCUT2D eigenvalue weighted by Crippen LogP contribution is -2.64. The van der Waals surface area contributed by atoms with Gasteiger partial charge in [0.15, 0.2) is 0 Å². The van der Waals surface area contributed by atoms with Crippen molar-refractivity contribution in [3.63, 3.8) is 0 Å². The average Bonchev–Trinajstić information content (AvgIpc) is 2.69. The molecule has 0 atom stereocenters. The van der Waals surface area contributed by atoms with Gasteiger partial charge in [0.25, 0.3) is 5.56 Å². The molecular formula is C13H16N4OS. The zero-order chi connectivity index (χ0) is 13.0. The molecule has 100 valence electrons. The molecule has 0 N–H and O–H groups in total. The van der Waals surface area contributed by atoms with Crippen LogP contribution in [0.3, 0.4) is 0 Å². The Balaban J connectivity index is 1.80. The lowest BCUT2D eigenvalue weighted by Gasteiger charge is -2.58. The molecule has 1 saturated carbocycles. The highest BCUT2D eigenvalue weighted by Crippen LogP contribution is 2.49. The van der Waals surface area contributed by atoms with Crippen LogP contribution < -0.4 is 10.5 Å². The molecule has 0 amide bonds. The molecule has 0 unspecified atom stereocenters. The topological polar surface area (TPSA) is 50.5 Å². The predicted octanol–water partition coefficient (Wildman–Crippen LogP) is 1.85. The molecule has 1 spiro atoms. The van der Waals surface area contributed by atoms with Crippen LogP contribution in [0, 0.1) is 0 Å². The van der Waals surface area contributed by atoms with Gasteiger partial charge in [0.2, 0.25) is 10.1 Å². The van der Waals surface area contributed by atoms with E-state index in [0.717, 1.165) is 28.8 Å². The number of aromatic nitrogens is 3. The molecular weight excluding hydrogens is 260 g/mol. The highest BCUT2D eigenvalue weighted by Gasteiger charge is 2.50. The molecule has 2 fully saturated rings. The summed E-state index contributed by atoms with van der Waals surface area (Å²) in [6.07, 6.45) is 5.91. The molecule has 5 nitrogen and oxygen atoms in total. The van der Waals surface area contributed by atoms with Gasteiger partial charge in [-0.1, -0.05) is 18.3 Å². The van der Waals surface area contributed by atoms with Gasteiger partial charge in [0, 0.05) is 23.8 Å². The summed E-state index contributed by atoms with van der Waals surface area (Å²) in [5, 5.41) is 5.43. The first-order valence-corrected chi connectivity index (χ1v) is 7.71.